The summed E-state index contributed by atoms with van der Waals surface area (Å²) in [6.45, 7) is 5.98. The smallest absolute Gasteiger partial charge is 0.307 e. The van der Waals surface area contributed by atoms with Crippen LogP contribution in [-0.2, 0) is 14.3 Å². The Kier molecular flexibility index (Phi) is 10.2. The molecule has 0 saturated carbocycles. The average molecular weight is 367 g/mol. The molecule has 0 aliphatic rings. The molecule has 0 radical (unpaired) electrons. The number of amides is 1. The maximum Gasteiger partial charge on any atom is 0.307 e. The van der Waals surface area contributed by atoms with Crippen molar-refractivity contribution in [3.05, 3.63) is 23.8 Å². The third-order valence-corrected chi connectivity index (χ3v) is 3.73. The SMILES string of the molecule is CCOCCCN(CCC(=O)OCC)C(=O)c1ccc(OC)c(OC)c1. The van der Waals surface area contributed by atoms with Crippen molar-refractivity contribution < 1.29 is 28.5 Å². The molecule has 0 saturated heterocycles. The van der Waals surface area contributed by atoms with Crippen LogP contribution in [0.4, 0.5) is 0 Å². The number of carbonyl (C=O) groups is 2. The molecular formula is C19H29NO6. The van der Waals surface area contributed by atoms with Gasteiger partial charge in [-0.15, -0.1) is 0 Å². The highest BCUT2D eigenvalue weighted by Crippen LogP contribution is 2.28. The first kappa shape index (κ1) is 21.8. The lowest BCUT2D eigenvalue weighted by molar-refractivity contribution is -0.143. The number of hydrogen-bond donors (Lipinski definition) is 0. The van der Waals surface area contributed by atoms with Gasteiger partial charge in [0.25, 0.3) is 5.91 Å². The maximum atomic E-state index is 12.9. The van der Waals surface area contributed by atoms with E-state index < -0.39 is 0 Å². The summed E-state index contributed by atoms with van der Waals surface area (Å²) in [4.78, 5) is 26.2. The lowest BCUT2D eigenvalue weighted by atomic mass is 10.1. The zero-order chi connectivity index (χ0) is 19.4. The molecule has 1 aromatic carbocycles. The van der Waals surface area contributed by atoms with E-state index in [1.807, 2.05) is 6.92 Å². The molecule has 0 bridgehead atoms. The zero-order valence-corrected chi connectivity index (χ0v) is 16.1. The highest BCUT2D eigenvalue weighted by molar-refractivity contribution is 5.95. The van der Waals surface area contributed by atoms with E-state index in [1.165, 1.54) is 7.11 Å². The van der Waals surface area contributed by atoms with Crippen LogP contribution in [0.2, 0.25) is 0 Å². The summed E-state index contributed by atoms with van der Waals surface area (Å²) in [5, 5.41) is 0. The topological polar surface area (TPSA) is 74.3 Å². The number of methoxy groups -OCH3 is 2. The van der Waals surface area contributed by atoms with E-state index >= 15 is 0 Å². The van der Waals surface area contributed by atoms with E-state index in [-0.39, 0.29) is 24.8 Å². The molecule has 26 heavy (non-hydrogen) atoms. The summed E-state index contributed by atoms with van der Waals surface area (Å²) < 4.78 is 20.7. The van der Waals surface area contributed by atoms with Crippen LogP contribution in [0.15, 0.2) is 18.2 Å². The van der Waals surface area contributed by atoms with Crippen LogP contribution in [0.3, 0.4) is 0 Å². The maximum absolute atomic E-state index is 12.9. The molecule has 1 aromatic rings. The summed E-state index contributed by atoms with van der Waals surface area (Å²) in [5.41, 5.74) is 0.475. The van der Waals surface area contributed by atoms with Crippen molar-refractivity contribution in [2.75, 3.05) is 47.1 Å². The molecule has 0 unspecified atom stereocenters. The largest absolute Gasteiger partial charge is 0.493 e. The molecule has 0 fully saturated rings. The molecule has 0 atom stereocenters. The Bertz CT molecular complexity index is 575. The Balaban J connectivity index is 2.85. The summed E-state index contributed by atoms with van der Waals surface area (Å²) in [6, 6.07) is 5.01. The standard InChI is InChI=1S/C19H29NO6/c1-5-25-13-7-11-20(12-10-18(21)26-6-2)19(22)15-8-9-16(23-3)17(14-15)24-4/h8-9,14H,5-7,10-13H2,1-4H3. The number of hydrogen-bond acceptors (Lipinski definition) is 6. The van der Waals surface area contributed by atoms with Crippen molar-refractivity contribution in [1.82, 2.24) is 4.90 Å². The van der Waals surface area contributed by atoms with E-state index in [9.17, 15) is 9.59 Å². The van der Waals surface area contributed by atoms with Crippen molar-refractivity contribution in [2.45, 2.75) is 26.7 Å². The summed E-state index contributed by atoms with van der Waals surface area (Å²) in [7, 11) is 3.06. The average Bonchev–Trinajstić information content (AvgIpc) is 2.66. The minimum atomic E-state index is -0.317. The van der Waals surface area contributed by atoms with Crippen molar-refractivity contribution in [1.29, 1.82) is 0 Å². The van der Waals surface area contributed by atoms with E-state index in [4.69, 9.17) is 18.9 Å². The number of carbonyl (C=O) groups excluding carboxylic acids is 2. The van der Waals surface area contributed by atoms with Gasteiger partial charge in [-0.1, -0.05) is 0 Å². The van der Waals surface area contributed by atoms with Crippen LogP contribution in [-0.4, -0.2) is 63.9 Å². The molecule has 1 amide bonds. The molecule has 7 heteroatoms. The first-order valence-corrected chi connectivity index (χ1v) is 8.82. The predicted molar refractivity (Wildman–Crippen MR) is 97.8 cm³/mol. The number of esters is 1. The van der Waals surface area contributed by atoms with Crippen LogP contribution in [0.1, 0.15) is 37.0 Å². The Morgan fingerprint density at radius 1 is 1.00 bits per heavy atom. The molecule has 1 rings (SSSR count). The molecule has 0 heterocycles. The molecule has 0 spiro atoms. The number of rotatable bonds is 12. The normalized spacial score (nSPS) is 10.3. The second kappa shape index (κ2) is 12.1. The first-order valence-electron chi connectivity index (χ1n) is 8.82. The van der Waals surface area contributed by atoms with E-state index in [0.29, 0.717) is 49.8 Å². The fraction of sp³-hybridized carbons (Fsp3) is 0.579. The zero-order valence-electron chi connectivity index (χ0n) is 16.1. The molecule has 146 valence electrons. The summed E-state index contributed by atoms with van der Waals surface area (Å²) in [5.74, 6) is 0.547. The quantitative estimate of drug-likeness (QED) is 0.417. The minimum absolute atomic E-state index is 0.154. The van der Waals surface area contributed by atoms with E-state index in [2.05, 4.69) is 0 Å². The van der Waals surface area contributed by atoms with Crippen molar-refractivity contribution in [3.63, 3.8) is 0 Å². The van der Waals surface area contributed by atoms with Gasteiger partial charge in [0.15, 0.2) is 11.5 Å². The van der Waals surface area contributed by atoms with Gasteiger partial charge in [-0.3, -0.25) is 9.59 Å². The highest BCUT2D eigenvalue weighted by atomic mass is 16.5. The fourth-order valence-electron chi connectivity index (χ4n) is 2.43. The van der Waals surface area contributed by atoms with Gasteiger partial charge >= 0.3 is 5.97 Å². The van der Waals surface area contributed by atoms with Crippen LogP contribution in [0, 0.1) is 0 Å². The van der Waals surface area contributed by atoms with Gasteiger partial charge in [0.1, 0.15) is 0 Å². The van der Waals surface area contributed by atoms with Crippen LogP contribution in [0.5, 0.6) is 11.5 Å². The Morgan fingerprint density at radius 3 is 2.35 bits per heavy atom. The van der Waals surface area contributed by atoms with Gasteiger partial charge in [0.05, 0.1) is 27.2 Å². The molecule has 0 aromatic heterocycles. The molecule has 0 aliphatic heterocycles. The van der Waals surface area contributed by atoms with Crippen LogP contribution >= 0.6 is 0 Å². The van der Waals surface area contributed by atoms with Gasteiger partial charge < -0.3 is 23.8 Å². The number of nitrogens with zero attached hydrogens (tertiary/aromatic N) is 1. The van der Waals surface area contributed by atoms with Crippen molar-refractivity contribution in [2.24, 2.45) is 0 Å². The van der Waals surface area contributed by atoms with Gasteiger partial charge in [-0.25, -0.2) is 0 Å². The van der Waals surface area contributed by atoms with Crippen LogP contribution in [0.25, 0.3) is 0 Å². The van der Waals surface area contributed by atoms with Crippen LogP contribution < -0.4 is 9.47 Å². The van der Waals surface area contributed by atoms with Gasteiger partial charge in [0.2, 0.25) is 0 Å². The van der Waals surface area contributed by atoms with Gasteiger partial charge in [0, 0.05) is 31.9 Å². The third-order valence-electron chi connectivity index (χ3n) is 3.73. The van der Waals surface area contributed by atoms with Crippen molar-refractivity contribution >= 4 is 11.9 Å². The Morgan fingerprint density at radius 2 is 1.73 bits per heavy atom. The third kappa shape index (κ3) is 6.92. The molecule has 0 aliphatic carbocycles. The van der Waals surface area contributed by atoms with Gasteiger partial charge in [-0.2, -0.15) is 0 Å². The first-order chi connectivity index (χ1) is 12.6. The molecular weight excluding hydrogens is 338 g/mol. The summed E-state index contributed by atoms with van der Waals surface area (Å²) in [6.07, 6.45) is 0.844. The van der Waals surface area contributed by atoms with Crippen molar-refractivity contribution in [3.8, 4) is 11.5 Å². The minimum Gasteiger partial charge on any atom is -0.493 e. The predicted octanol–water partition coefficient (Wildman–Crippen LogP) is 2.53. The number of benzene rings is 1. The second-order valence-corrected chi connectivity index (χ2v) is 5.47. The second-order valence-electron chi connectivity index (χ2n) is 5.47. The number of ether oxygens (including phenoxy) is 4. The lowest BCUT2D eigenvalue weighted by Gasteiger charge is -2.23. The lowest BCUT2D eigenvalue weighted by Crippen LogP contribution is -2.34. The van der Waals surface area contributed by atoms with E-state index in [1.54, 1.807) is 37.1 Å². The molecule has 7 nitrogen and oxygen atoms in total. The monoisotopic (exact) mass is 367 g/mol. The van der Waals surface area contributed by atoms with Gasteiger partial charge in [-0.05, 0) is 38.5 Å². The Labute approximate surface area is 155 Å². The fourth-order valence-corrected chi connectivity index (χ4v) is 2.43. The summed E-state index contributed by atoms with van der Waals surface area (Å²) >= 11 is 0. The molecule has 0 N–H and O–H groups in total. The Hall–Kier alpha value is -2.28. The highest BCUT2D eigenvalue weighted by Gasteiger charge is 2.19. The van der Waals surface area contributed by atoms with E-state index in [0.717, 1.165) is 0 Å².